The molecule has 0 fully saturated rings. The number of hydrogen-bond donors (Lipinski definition) is 2. The predicted molar refractivity (Wildman–Crippen MR) is 88.0 cm³/mol. The maximum Gasteiger partial charge on any atom is 0.271 e. The normalized spacial score (nSPS) is 9.77. The topological polar surface area (TPSA) is 86.5 Å². The van der Waals surface area contributed by atoms with Crippen molar-refractivity contribution in [3.63, 3.8) is 0 Å². The Morgan fingerprint density at radius 3 is 2.73 bits per heavy atom. The third-order valence-corrected chi connectivity index (χ3v) is 3.75. The number of amides is 1. The molecule has 0 radical (unpaired) electrons. The summed E-state index contributed by atoms with van der Waals surface area (Å²) in [4.78, 5) is 16.2. The largest absolute Gasteiger partial charge is 0.493 e. The molecule has 22 heavy (non-hydrogen) atoms. The van der Waals surface area contributed by atoms with E-state index in [4.69, 9.17) is 15.2 Å². The van der Waals surface area contributed by atoms with Gasteiger partial charge in [0.25, 0.3) is 5.91 Å². The van der Waals surface area contributed by atoms with Gasteiger partial charge in [0.2, 0.25) is 0 Å². The van der Waals surface area contributed by atoms with Gasteiger partial charge in [-0.15, -0.1) is 23.7 Å². The average Bonchev–Trinajstić information content (AvgIpc) is 3.01. The van der Waals surface area contributed by atoms with Crippen molar-refractivity contribution in [2.45, 2.75) is 13.1 Å². The Morgan fingerprint density at radius 2 is 2.14 bits per heavy atom. The highest BCUT2D eigenvalue weighted by atomic mass is 35.5. The number of thiazole rings is 1. The lowest BCUT2D eigenvalue weighted by Crippen LogP contribution is -2.23. The smallest absolute Gasteiger partial charge is 0.271 e. The number of para-hydroxylation sites is 1. The van der Waals surface area contributed by atoms with Gasteiger partial charge in [-0.1, -0.05) is 12.1 Å². The molecular formula is C14H18ClN3O3S. The summed E-state index contributed by atoms with van der Waals surface area (Å²) in [5.41, 5.74) is 6.69. The third kappa shape index (κ3) is 4.09. The highest BCUT2D eigenvalue weighted by molar-refractivity contribution is 7.09. The lowest BCUT2D eigenvalue weighted by molar-refractivity contribution is 0.0946. The van der Waals surface area contributed by atoms with Crippen LogP contribution in [-0.2, 0) is 13.1 Å². The number of halogens is 1. The van der Waals surface area contributed by atoms with Gasteiger partial charge in [-0.25, -0.2) is 4.98 Å². The fraction of sp³-hybridized carbons (Fsp3) is 0.286. The molecule has 0 aliphatic rings. The van der Waals surface area contributed by atoms with Crippen LogP contribution < -0.4 is 20.5 Å². The van der Waals surface area contributed by atoms with Crippen LogP contribution >= 0.6 is 23.7 Å². The summed E-state index contributed by atoms with van der Waals surface area (Å²) in [6.45, 7) is 0.663. The van der Waals surface area contributed by atoms with Crippen LogP contribution in [0.25, 0.3) is 0 Å². The fourth-order valence-electron chi connectivity index (χ4n) is 1.87. The Bertz CT molecular complexity index is 634. The van der Waals surface area contributed by atoms with Gasteiger partial charge in [0.15, 0.2) is 11.5 Å². The molecular weight excluding hydrogens is 326 g/mol. The Morgan fingerprint density at radius 1 is 1.36 bits per heavy atom. The lowest BCUT2D eigenvalue weighted by atomic mass is 10.2. The first-order chi connectivity index (χ1) is 10.2. The van der Waals surface area contributed by atoms with E-state index in [0.717, 1.165) is 10.6 Å². The van der Waals surface area contributed by atoms with E-state index in [1.807, 2.05) is 12.1 Å². The minimum atomic E-state index is -0.240. The summed E-state index contributed by atoms with van der Waals surface area (Å²) in [5.74, 6) is 1.00. The predicted octanol–water partition coefficient (Wildman–Crippen LogP) is 1.97. The monoisotopic (exact) mass is 343 g/mol. The number of methoxy groups -OCH3 is 2. The standard InChI is InChI=1S/C14H17N3O3S.ClH/c1-19-11-5-3-4-9(13(11)20-2)7-16-14(18)10-8-21-12(6-15)17-10;/h3-5,8H,6-7,15H2,1-2H3,(H,16,18);1H. The number of carbonyl (C=O) groups is 1. The van der Waals surface area contributed by atoms with Crippen LogP contribution in [0.1, 0.15) is 21.1 Å². The summed E-state index contributed by atoms with van der Waals surface area (Å²) < 4.78 is 10.5. The second-order valence-corrected chi connectivity index (χ2v) is 5.11. The minimum absolute atomic E-state index is 0. The molecule has 0 spiro atoms. The molecule has 0 aliphatic heterocycles. The molecule has 0 saturated heterocycles. The van der Waals surface area contributed by atoms with Gasteiger partial charge >= 0.3 is 0 Å². The molecule has 3 N–H and O–H groups in total. The Balaban J connectivity index is 0.00000242. The van der Waals surface area contributed by atoms with Crippen LogP contribution in [0.2, 0.25) is 0 Å². The average molecular weight is 344 g/mol. The molecule has 6 nitrogen and oxygen atoms in total. The van der Waals surface area contributed by atoms with Gasteiger partial charge in [-0.2, -0.15) is 0 Å². The van der Waals surface area contributed by atoms with Gasteiger partial charge in [0.05, 0.1) is 14.2 Å². The number of nitrogens with one attached hydrogen (secondary N) is 1. The van der Waals surface area contributed by atoms with Gasteiger partial charge in [0.1, 0.15) is 10.7 Å². The van der Waals surface area contributed by atoms with Crippen molar-refractivity contribution in [1.29, 1.82) is 0 Å². The second-order valence-electron chi connectivity index (χ2n) is 4.17. The van der Waals surface area contributed by atoms with Crippen LogP contribution in [0, 0.1) is 0 Å². The summed E-state index contributed by atoms with van der Waals surface area (Å²) in [6, 6.07) is 5.52. The quantitative estimate of drug-likeness (QED) is 0.837. The molecule has 0 unspecified atom stereocenters. The van der Waals surface area contributed by atoms with Gasteiger partial charge < -0.3 is 20.5 Å². The van der Waals surface area contributed by atoms with Crippen molar-refractivity contribution in [2.75, 3.05) is 14.2 Å². The summed E-state index contributed by atoms with van der Waals surface area (Å²) in [6.07, 6.45) is 0. The maximum atomic E-state index is 12.0. The highest BCUT2D eigenvalue weighted by Crippen LogP contribution is 2.30. The third-order valence-electron chi connectivity index (χ3n) is 2.88. The van der Waals surface area contributed by atoms with Crippen molar-refractivity contribution < 1.29 is 14.3 Å². The van der Waals surface area contributed by atoms with Crippen molar-refractivity contribution >= 4 is 29.7 Å². The number of nitrogens with zero attached hydrogens (tertiary/aromatic N) is 1. The maximum absolute atomic E-state index is 12.0. The Labute approximate surface area is 139 Å². The zero-order valence-electron chi connectivity index (χ0n) is 12.3. The second kappa shape index (κ2) is 8.57. The van der Waals surface area contributed by atoms with E-state index in [2.05, 4.69) is 10.3 Å². The molecule has 1 amide bonds. The summed E-state index contributed by atoms with van der Waals surface area (Å²) in [7, 11) is 3.14. The molecule has 8 heteroatoms. The van der Waals surface area contributed by atoms with E-state index >= 15 is 0 Å². The number of hydrogen-bond acceptors (Lipinski definition) is 6. The molecule has 0 bridgehead atoms. The number of ether oxygens (including phenoxy) is 2. The van der Waals surface area contributed by atoms with Crippen molar-refractivity contribution in [2.24, 2.45) is 5.73 Å². The molecule has 1 aromatic heterocycles. The fourth-order valence-corrected chi connectivity index (χ4v) is 2.52. The molecule has 1 aromatic carbocycles. The highest BCUT2D eigenvalue weighted by Gasteiger charge is 2.13. The number of aromatic nitrogens is 1. The molecule has 0 saturated carbocycles. The van der Waals surface area contributed by atoms with E-state index in [0.29, 0.717) is 30.3 Å². The van der Waals surface area contributed by atoms with Crippen molar-refractivity contribution in [3.8, 4) is 11.5 Å². The molecule has 1 heterocycles. The van der Waals surface area contributed by atoms with E-state index in [1.54, 1.807) is 25.7 Å². The Hall–Kier alpha value is -1.83. The summed E-state index contributed by atoms with van der Waals surface area (Å²) >= 11 is 1.37. The molecule has 0 aliphatic carbocycles. The van der Waals surface area contributed by atoms with Crippen LogP contribution in [0.15, 0.2) is 23.6 Å². The molecule has 2 aromatic rings. The first-order valence-electron chi connectivity index (χ1n) is 6.32. The lowest BCUT2D eigenvalue weighted by Gasteiger charge is -2.12. The Kier molecular flexibility index (Phi) is 7.10. The first kappa shape index (κ1) is 18.2. The minimum Gasteiger partial charge on any atom is -0.493 e. The van der Waals surface area contributed by atoms with E-state index in [-0.39, 0.29) is 18.3 Å². The van der Waals surface area contributed by atoms with Gasteiger partial charge in [-0.3, -0.25) is 4.79 Å². The van der Waals surface area contributed by atoms with E-state index < -0.39 is 0 Å². The van der Waals surface area contributed by atoms with Crippen LogP contribution in [0.3, 0.4) is 0 Å². The zero-order chi connectivity index (χ0) is 15.2. The number of nitrogens with two attached hydrogens (primary N) is 1. The molecule has 0 atom stereocenters. The van der Waals surface area contributed by atoms with E-state index in [1.165, 1.54) is 11.3 Å². The SMILES string of the molecule is COc1cccc(CNC(=O)c2csc(CN)n2)c1OC.Cl. The molecule has 2 rings (SSSR count). The number of rotatable bonds is 6. The van der Waals surface area contributed by atoms with Crippen molar-refractivity contribution in [1.82, 2.24) is 10.3 Å². The van der Waals surface area contributed by atoms with Gasteiger partial charge in [0, 0.05) is 24.0 Å². The van der Waals surface area contributed by atoms with Crippen molar-refractivity contribution in [3.05, 3.63) is 39.8 Å². The number of benzene rings is 1. The first-order valence-corrected chi connectivity index (χ1v) is 7.20. The van der Waals surface area contributed by atoms with Crippen LogP contribution in [0.4, 0.5) is 0 Å². The van der Waals surface area contributed by atoms with Gasteiger partial charge in [-0.05, 0) is 6.07 Å². The van der Waals surface area contributed by atoms with E-state index in [9.17, 15) is 4.79 Å². The number of carbonyl (C=O) groups excluding carboxylic acids is 1. The zero-order valence-corrected chi connectivity index (χ0v) is 13.9. The van der Waals surface area contributed by atoms with Crippen LogP contribution in [-0.4, -0.2) is 25.1 Å². The van der Waals surface area contributed by atoms with Crippen LogP contribution in [0.5, 0.6) is 11.5 Å². The summed E-state index contributed by atoms with van der Waals surface area (Å²) in [5, 5.41) is 5.24. The molecule has 120 valence electrons.